The van der Waals surface area contributed by atoms with Gasteiger partial charge in [-0.05, 0) is 26.2 Å². The Morgan fingerprint density at radius 1 is 1.23 bits per heavy atom. The number of aromatic nitrogens is 4. The van der Waals surface area contributed by atoms with Crippen LogP contribution in [-0.4, -0.2) is 39.2 Å². The predicted molar refractivity (Wildman–Crippen MR) is 104 cm³/mol. The SMILES string of the molecule is CCc1nc2c(N)ncc(-c3csc(C)n3)c2nc1NC1CCOCC1. The molecule has 0 saturated carbocycles. The highest BCUT2D eigenvalue weighted by atomic mass is 32.1. The predicted octanol–water partition coefficient (Wildman–Crippen LogP) is 3.19. The van der Waals surface area contributed by atoms with E-state index in [2.05, 4.69) is 22.2 Å². The minimum atomic E-state index is 0.352. The molecule has 26 heavy (non-hydrogen) atoms. The Bertz CT molecular complexity index is 935. The lowest BCUT2D eigenvalue weighted by atomic mass is 10.1. The molecule has 0 spiro atoms. The third-order valence-electron chi connectivity index (χ3n) is 4.59. The van der Waals surface area contributed by atoms with Gasteiger partial charge in [0.15, 0.2) is 5.82 Å². The molecule has 1 aliphatic rings. The second-order valence-electron chi connectivity index (χ2n) is 6.41. The first-order valence-corrected chi connectivity index (χ1v) is 9.75. The lowest BCUT2D eigenvalue weighted by molar-refractivity contribution is 0.0903. The van der Waals surface area contributed by atoms with Crippen LogP contribution in [0.15, 0.2) is 11.6 Å². The molecule has 0 bridgehead atoms. The molecule has 3 N–H and O–H groups in total. The fourth-order valence-corrected chi connectivity index (χ4v) is 3.78. The summed E-state index contributed by atoms with van der Waals surface area (Å²) in [4.78, 5) is 18.6. The molecule has 3 aromatic rings. The molecular formula is C18H22N6OS. The van der Waals surface area contributed by atoms with Gasteiger partial charge in [0, 0.05) is 36.4 Å². The number of nitrogens with zero attached hydrogens (tertiary/aromatic N) is 4. The van der Waals surface area contributed by atoms with Gasteiger partial charge in [-0.25, -0.2) is 19.9 Å². The molecule has 0 aliphatic carbocycles. The van der Waals surface area contributed by atoms with Gasteiger partial charge in [0.2, 0.25) is 0 Å². The maximum atomic E-state index is 6.10. The number of ether oxygens (including phenoxy) is 1. The molecule has 0 amide bonds. The van der Waals surface area contributed by atoms with Gasteiger partial charge in [-0.15, -0.1) is 11.3 Å². The van der Waals surface area contributed by atoms with Crippen LogP contribution in [0.25, 0.3) is 22.3 Å². The Labute approximate surface area is 156 Å². The summed E-state index contributed by atoms with van der Waals surface area (Å²) in [5.41, 5.74) is 10.1. The van der Waals surface area contributed by atoms with Crippen molar-refractivity contribution in [3.05, 3.63) is 22.3 Å². The number of nitrogen functional groups attached to an aromatic ring is 1. The minimum Gasteiger partial charge on any atom is -0.382 e. The number of hydrogen-bond donors (Lipinski definition) is 2. The molecule has 1 aliphatic heterocycles. The van der Waals surface area contributed by atoms with Gasteiger partial charge in [-0.3, -0.25) is 0 Å². The number of rotatable bonds is 4. The third-order valence-corrected chi connectivity index (χ3v) is 5.36. The van der Waals surface area contributed by atoms with Gasteiger partial charge >= 0.3 is 0 Å². The fraction of sp³-hybridized carbons (Fsp3) is 0.444. The number of fused-ring (bicyclic) bond motifs is 1. The van der Waals surface area contributed by atoms with E-state index in [-0.39, 0.29) is 0 Å². The highest BCUT2D eigenvalue weighted by Crippen LogP contribution is 2.31. The van der Waals surface area contributed by atoms with Crippen molar-refractivity contribution in [1.82, 2.24) is 19.9 Å². The first-order chi connectivity index (χ1) is 12.7. The van der Waals surface area contributed by atoms with E-state index in [1.807, 2.05) is 12.3 Å². The van der Waals surface area contributed by atoms with Crippen LogP contribution in [0.2, 0.25) is 0 Å². The zero-order chi connectivity index (χ0) is 18.1. The van der Waals surface area contributed by atoms with E-state index < -0.39 is 0 Å². The van der Waals surface area contributed by atoms with E-state index in [9.17, 15) is 0 Å². The van der Waals surface area contributed by atoms with Crippen LogP contribution >= 0.6 is 11.3 Å². The minimum absolute atomic E-state index is 0.352. The highest BCUT2D eigenvalue weighted by Gasteiger charge is 2.19. The van der Waals surface area contributed by atoms with Crippen LogP contribution in [0.4, 0.5) is 11.6 Å². The van der Waals surface area contributed by atoms with E-state index in [1.165, 1.54) is 0 Å². The van der Waals surface area contributed by atoms with E-state index in [0.717, 1.165) is 65.8 Å². The zero-order valence-corrected chi connectivity index (χ0v) is 15.8. The van der Waals surface area contributed by atoms with Gasteiger partial charge in [0.1, 0.15) is 16.9 Å². The Balaban J connectivity index is 1.83. The number of nitrogens with two attached hydrogens (primary N) is 1. The summed E-state index contributed by atoms with van der Waals surface area (Å²) in [6, 6.07) is 0.352. The van der Waals surface area contributed by atoms with E-state index in [0.29, 0.717) is 17.4 Å². The second-order valence-corrected chi connectivity index (χ2v) is 7.47. The first-order valence-electron chi connectivity index (χ1n) is 8.87. The summed E-state index contributed by atoms with van der Waals surface area (Å²) in [6.07, 6.45) is 4.46. The van der Waals surface area contributed by atoms with Crippen molar-refractivity contribution in [1.29, 1.82) is 0 Å². The van der Waals surface area contributed by atoms with E-state index in [4.69, 9.17) is 20.4 Å². The molecule has 8 heteroatoms. The van der Waals surface area contributed by atoms with Gasteiger partial charge < -0.3 is 15.8 Å². The standard InChI is InChI=1S/C18H22N6OS/c1-3-13-18(22-11-4-6-25-7-5-11)24-15-12(14-9-26-10(2)21-14)8-20-17(19)16(15)23-13/h8-9,11H,3-7H2,1-2H3,(H2,19,20)(H,22,24). The molecule has 0 atom stereocenters. The summed E-state index contributed by atoms with van der Waals surface area (Å²) in [6.45, 7) is 5.61. The summed E-state index contributed by atoms with van der Waals surface area (Å²) in [5.74, 6) is 1.22. The zero-order valence-electron chi connectivity index (χ0n) is 15.0. The molecule has 136 valence electrons. The topological polar surface area (TPSA) is 98.8 Å². The van der Waals surface area contributed by atoms with Gasteiger partial charge in [-0.2, -0.15) is 0 Å². The molecule has 1 fully saturated rings. The number of hydrogen-bond acceptors (Lipinski definition) is 8. The van der Waals surface area contributed by atoms with Gasteiger partial charge in [0.25, 0.3) is 0 Å². The Morgan fingerprint density at radius 3 is 2.73 bits per heavy atom. The summed E-state index contributed by atoms with van der Waals surface area (Å²) in [5, 5.41) is 6.58. The fourth-order valence-electron chi connectivity index (χ4n) is 3.16. The summed E-state index contributed by atoms with van der Waals surface area (Å²) in [7, 11) is 0. The van der Waals surface area contributed by atoms with Crippen LogP contribution in [0.3, 0.4) is 0 Å². The van der Waals surface area contributed by atoms with Crippen LogP contribution in [0.1, 0.15) is 30.5 Å². The van der Waals surface area contributed by atoms with Crippen molar-refractivity contribution in [3.63, 3.8) is 0 Å². The van der Waals surface area contributed by atoms with Crippen molar-refractivity contribution in [2.75, 3.05) is 24.3 Å². The number of anilines is 2. The monoisotopic (exact) mass is 370 g/mol. The Kier molecular flexibility index (Phi) is 4.69. The van der Waals surface area contributed by atoms with Crippen molar-refractivity contribution in [2.24, 2.45) is 0 Å². The molecule has 7 nitrogen and oxygen atoms in total. The lowest BCUT2D eigenvalue weighted by Gasteiger charge is -2.24. The van der Waals surface area contributed by atoms with Crippen LogP contribution in [0, 0.1) is 6.92 Å². The van der Waals surface area contributed by atoms with Gasteiger partial charge in [0.05, 0.1) is 16.4 Å². The molecular weight excluding hydrogens is 348 g/mol. The molecule has 3 aromatic heterocycles. The molecule has 4 heterocycles. The Hall–Kier alpha value is -2.32. The van der Waals surface area contributed by atoms with Crippen molar-refractivity contribution >= 4 is 34.0 Å². The smallest absolute Gasteiger partial charge is 0.151 e. The second kappa shape index (κ2) is 7.13. The number of thiazole rings is 1. The Morgan fingerprint density at radius 2 is 2.04 bits per heavy atom. The quantitative estimate of drug-likeness (QED) is 0.727. The number of aryl methyl sites for hydroxylation is 2. The summed E-state index contributed by atoms with van der Waals surface area (Å²) < 4.78 is 5.45. The number of nitrogens with one attached hydrogen (secondary N) is 1. The summed E-state index contributed by atoms with van der Waals surface area (Å²) >= 11 is 1.60. The lowest BCUT2D eigenvalue weighted by Crippen LogP contribution is -2.29. The first kappa shape index (κ1) is 17.1. The highest BCUT2D eigenvalue weighted by molar-refractivity contribution is 7.09. The molecule has 1 saturated heterocycles. The van der Waals surface area contributed by atoms with Crippen LogP contribution in [-0.2, 0) is 11.2 Å². The van der Waals surface area contributed by atoms with Crippen LogP contribution < -0.4 is 11.1 Å². The van der Waals surface area contributed by atoms with Gasteiger partial charge in [-0.1, -0.05) is 6.92 Å². The third kappa shape index (κ3) is 3.22. The van der Waals surface area contributed by atoms with E-state index >= 15 is 0 Å². The molecule has 4 rings (SSSR count). The van der Waals surface area contributed by atoms with Crippen LogP contribution in [0.5, 0.6) is 0 Å². The maximum absolute atomic E-state index is 6.10. The van der Waals surface area contributed by atoms with Crippen molar-refractivity contribution in [2.45, 2.75) is 39.2 Å². The average molecular weight is 370 g/mol. The molecule has 0 unspecified atom stereocenters. The maximum Gasteiger partial charge on any atom is 0.151 e. The normalized spacial score (nSPS) is 15.5. The van der Waals surface area contributed by atoms with E-state index in [1.54, 1.807) is 17.5 Å². The molecule has 0 aromatic carbocycles. The average Bonchev–Trinajstić information content (AvgIpc) is 3.09. The number of pyridine rings is 1. The van der Waals surface area contributed by atoms with Crippen molar-refractivity contribution < 1.29 is 4.74 Å². The largest absolute Gasteiger partial charge is 0.382 e. The van der Waals surface area contributed by atoms with Crippen molar-refractivity contribution in [3.8, 4) is 11.3 Å². The molecule has 0 radical (unpaired) electrons.